The molecule has 0 aliphatic heterocycles. The van der Waals surface area contributed by atoms with Gasteiger partial charge in [0.05, 0.1) is 4.90 Å². The van der Waals surface area contributed by atoms with Gasteiger partial charge in [0.25, 0.3) is 0 Å². The maximum atomic E-state index is 11.3. The van der Waals surface area contributed by atoms with E-state index >= 15 is 0 Å². The summed E-state index contributed by atoms with van der Waals surface area (Å²) in [6, 6.07) is 16.2. The fourth-order valence-corrected chi connectivity index (χ4v) is 2.93. The van der Waals surface area contributed by atoms with Gasteiger partial charge in [-0.05, 0) is 42.0 Å². The lowest BCUT2D eigenvalue weighted by atomic mass is 10.2. The van der Waals surface area contributed by atoms with Gasteiger partial charge in [-0.2, -0.15) is 4.98 Å². The molecule has 128 valence electrons. The van der Waals surface area contributed by atoms with Crippen molar-refractivity contribution < 1.29 is 13.5 Å². The van der Waals surface area contributed by atoms with Crippen LogP contribution in [0.3, 0.4) is 0 Å². The largest absolute Gasteiger partial charge is 0.424 e. The van der Waals surface area contributed by atoms with Crippen molar-refractivity contribution in [1.82, 2.24) is 9.97 Å². The van der Waals surface area contributed by atoms with Crippen LogP contribution in [0.1, 0.15) is 5.56 Å². The first-order valence-corrected chi connectivity index (χ1v) is 9.21. The van der Waals surface area contributed by atoms with Crippen molar-refractivity contribution in [3.63, 3.8) is 0 Å². The van der Waals surface area contributed by atoms with Gasteiger partial charge in [-0.25, -0.2) is 9.19 Å². The molecule has 0 saturated carbocycles. The lowest BCUT2D eigenvalue weighted by molar-refractivity contribution is 0.442. The van der Waals surface area contributed by atoms with Gasteiger partial charge in [-0.3, -0.25) is 0 Å². The fourth-order valence-electron chi connectivity index (χ4n) is 2.10. The Morgan fingerprint density at radius 1 is 1.12 bits per heavy atom. The number of rotatable bonds is 6. The zero-order chi connectivity index (χ0) is 17.6. The van der Waals surface area contributed by atoms with E-state index < -0.39 is 11.1 Å². The first-order chi connectivity index (χ1) is 12.1. The van der Waals surface area contributed by atoms with E-state index in [9.17, 15) is 8.76 Å². The van der Waals surface area contributed by atoms with Crippen molar-refractivity contribution in [2.24, 2.45) is 0 Å². The smallest absolute Gasteiger partial charge is 0.323 e. The van der Waals surface area contributed by atoms with Crippen molar-refractivity contribution in [3.05, 3.63) is 70.8 Å². The molecule has 2 N–H and O–H groups in total. The average molecular weight is 420 g/mol. The molecule has 0 saturated heterocycles. The molecule has 1 unspecified atom stereocenters. The molecule has 0 aliphatic carbocycles. The van der Waals surface area contributed by atoms with Gasteiger partial charge in [-0.15, -0.1) is 0 Å². The number of hydrogen-bond acceptors (Lipinski definition) is 5. The maximum Gasteiger partial charge on any atom is 0.323 e. The average Bonchev–Trinajstić information content (AvgIpc) is 2.62. The monoisotopic (exact) mass is 419 g/mol. The van der Waals surface area contributed by atoms with E-state index in [4.69, 9.17) is 4.74 Å². The minimum atomic E-state index is -2.03. The first-order valence-electron chi connectivity index (χ1n) is 7.31. The van der Waals surface area contributed by atoms with Gasteiger partial charge >= 0.3 is 6.01 Å². The molecule has 0 radical (unpaired) electrons. The molecular formula is C17H14BrN3O3S. The molecule has 0 spiro atoms. The number of aromatic nitrogens is 2. The number of nitrogens with one attached hydrogen (secondary N) is 1. The Hall–Kier alpha value is -2.29. The number of ether oxygens (including phenoxy) is 1. The van der Waals surface area contributed by atoms with Gasteiger partial charge in [0, 0.05) is 17.2 Å². The van der Waals surface area contributed by atoms with Crippen LogP contribution in [0.4, 0.5) is 5.82 Å². The van der Waals surface area contributed by atoms with E-state index in [1.54, 1.807) is 42.6 Å². The second kappa shape index (κ2) is 8.19. The van der Waals surface area contributed by atoms with Crippen LogP contribution in [-0.2, 0) is 17.6 Å². The van der Waals surface area contributed by atoms with Gasteiger partial charge in [0.15, 0.2) is 11.1 Å². The molecule has 1 heterocycles. The third kappa shape index (κ3) is 4.85. The number of anilines is 1. The van der Waals surface area contributed by atoms with Crippen molar-refractivity contribution in [2.75, 3.05) is 5.32 Å². The van der Waals surface area contributed by atoms with Crippen molar-refractivity contribution in [3.8, 4) is 11.8 Å². The Balaban J connectivity index is 1.70. The van der Waals surface area contributed by atoms with Crippen LogP contribution in [0.5, 0.6) is 11.8 Å². The molecule has 0 aliphatic rings. The number of nitrogens with zero attached hydrogens (tertiary/aromatic N) is 2. The molecule has 25 heavy (non-hydrogen) atoms. The van der Waals surface area contributed by atoms with Crippen molar-refractivity contribution in [2.45, 2.75) is 11.4 Å². The lowest BCUT2D eigenvalue weighted by Gasteiger charge is -2.09. The third-order valence-corrected chi connectivity index (χ3v) is 4.58. The van der Waals surface area contributed by atoms with Crippen molar-refractivity contribution in [1.29, 1.82) is 0 Å². The summed E-state index contributed by atoms with van der Waals surface area (Å²) in [6.07, 6.45) is 1.58. The summed E-state index contributed by atoms with van der Waals surface area (Å²) < 4.78 is 27.2. The summed E-state index contributed by atoms with van der Waals surface area (Å²) >= 11 is 1.33. The molecule has 0 amide bonds. The minimum Gasteiger partial charge on any atom is -0.424 e. The van der Waals surface area contributed by atoms with Crippen LogP contribution in [0.25, 0.3) is 0 Å². The van der Waals surface area contributed by atoms with Gasteiger partial charge in [0.2, 0.25) is 0 Å². The molecule has 3 aromatic rings. The van der Waals surface area contributed by atoms with Crippen LogP contribution < -0.4 is 10.1 Å². The highest BCUT2D eigenvalue weighted by atomic mass is 79.9. The Kier molecular flexibility index (Phi) is 5.75. The maximum absolute atomic E-state index is 11.3. The normalized spacial score (nSPS) is 11.8. The predicted molar refractivity (Wildman–Crippen MR) is 99.1 cm³/mol. The number of halogens is 1. The second-order valence-electron chi connectivity index (χ2n) is 4.99. The van der Waals surface area contributed by atoms with Crippen LogP contribution >= 0.6 is 15.9 Å². The highest BCUT2D eigenvalue weighted by Crippen LogP contribution is 2.21. The highest BCUT2D eigenvalue weighted by molar-refractivity contribution is 9.10. The van der Waals surface area contributed by atoms with Crippen molar-refractivity contribution >= 4 is 32.8 Å². The summed E-state index contributed by atoms with van der Waals surface area (Å²) in [5.74, 6) is 1.18. The van der Waals surface area contributed by atoms with E-state index in [2.05, 4.69) is 31.2 Å². The third-order valence-electron chi connectivity index (χ3n) is 3.28. The first kappa shape index (κ1) is 17.5. The minimum absolute atomic E-state index is 0.214. The molecule has 3 rings (SSSR count). The van der Waals surface area contributed by atoms with E-state index in [1.165, 1.54) is 0 Å². The standard InChI is InChI=1S/C17H14BrN3O3S/c18-13-5-7-14(8-6-13)24-17-19-10-9-16(21-17)20-11-12-3-1-2-4-15(12)25(22)23/h1-10H,11H2,(H,22,23)(H,19,20,21). The van der Waals surface area contributed by atoms with Gasteiger partial charge < -0.3 is 14.6 Å². The Bertz CT molecular complexity index is 890. The lowest BCUT2D eigenvalue weighted by Crippen LogP contribution is -2.05. The molecule has 1 atom stereocenters. The molecule has 8 heteroatoms. The summed E-state index contributed by atoms with van der Waals surface area (Å²) in [5.41, 5.74) is 0.720. The Labute approximate surface area is 155 Å². The molecule has 1 aromatic heterocycles. The Morgan fingerprint density at radius 2 is 1.88 bits per heavy atom. The molecule has 0 fully saturated rings. The predicted octanol–water partition coefficient (Wildman–Crippen LogP) is 4.22. The molecule has 0 bridgehead atoms. The number of benzene rings is 2. The topological polar surface area (TPSA) is 84.3 Å². The summed E-state index contributed by atoms with van der Waals surface area (Å²) in [7, 11) is 0. The fraction of sp³-hybridized carbons (Fsp3) is 0.0588. The quantitative estimate of drug-likeness (QED) is 0.581. The van der Waals surface area contributed by atoms with Gasteiger partial charge in [-0.1, -0.05) is 34.1 Å². The zero-order valence-electron chi connectivity index (χ0n) is 12.9. The molecule has 2 aromatic carbocycles. The van der Waals surface area contributed by atoms with E-state index in [0.717, 1.165) is 10.0 Å². The zero-order valence-corrected chi connectivity index (χ0v) is 15.3. The van der Waals surface area contributed by atoms with E-state index in [-0.39, 0.29) is 6.01 Å². The molecular weight excluding hydrogens is 406 g/mol. The number of hydrogen-bond donors (Lipinski definition) is 2. The highest BCUT2D eigenvalue weighted by Gasteiger charge is 2.08. The van der Waals surface area contributed by atoms with Gasteiger partial charge in [0.1, 0.15) is 11.6 Å². The summed E-state index contributed by atoms with van der Waals surface area (Å²) in [4.78, 5) is 8.74. The van der Waals surface area contributed by atoms with Crippen LogP contribution in [-0.4, -0.2) is 18.7 Å². The van der Waals surface area contributed by atoms with E-state index in [0.29, 0.717) is 23.0 Å². The van der Waals surface area contributed by atoms with Crippen LogP contribution in [0, 0.1) is 0 Å². The second-order valence-corrected chi connectivity index (χ2v) is 6.84. The SMILES string of the molecule is O=S(O)c1ccccc1CNc1ccnc(Oc2ccc(Br)cc2)n1. The Morgan fingerprint density at radius 3 is 2.64 bits per heavy atom. The van der Waals surface area contributed by atoms with Crippen LogP contribution in [0.2, 0.25) is 0 Å². The summed E-state index contributed by atoms with van der Waals surface area (Å²) in [6.45, 7) is 0.358. The summed E-state index contributed by atoms with van der Waals surface area (Å²) in [5, 5.41) is 3.11. The molecule has 6 nitrogen and oxygen atoms in total. The van der Waals surface area contributed by atoms with E-state index in [1.807, 2.05) is 18.2 Å². The van der Waals surface area contributed by atoms with Crippen LogP contribution in [0.15, 0.2) is 70.2 Å².